The van der Waals surface area contributed by atoms with E-state index in [0.29, 0.717) is 17.8 Å². The summed E-state index contributed by atoms with van der Waals surface area (Å²) < 4.78 is 13.1. The summed E-state index contributed by atoms with van der Waals surface area (Å²) in [5, 5.41) is 0. The van der Waals surface area contributed by atoms with Gasteiger partial charge in [0.1, 0.15) is 5.82 Å². The van der Waals surface area contributed by atoms with Gasteiger partial charge in [0.25, 0.3) is 5.91 Å². The van der Waals surface area contributed by atoms with Gasteiger partial charge >= 0.3 is 0 Å². The number of nitrogens with two attached hydrogens (primary N) is 1. The number of benzene rings is 2. The van der Waals surface area contributed by atoms with Crippen molar-refractivity contribution >= 4 is 11.6 Å². The lowest BCUT2D eigenvalue weighted by atomic mass is 10.1. The second-order valence-corrected chi connectivity index (χ2v) is 4.38. The molecule has 0 spiro atoms. The molecule has 0 saturated heterocycles. The largest absolute Gasteiger partial charge is 0.398 e. The van der Waals surface area contributed by atoms with E-state index in [2.05, 4.69) is 0 Å². The number of carbonyl (C=O) groups is 1. The lowest BCUT2D eigenvalue weighted by Crippen LogP contribution is -2.26. The maximum atomic E-state index is 13.1. The quantitative estimate of drug-likeness (QED) is 0.860. The highest BCUT2D eigenvalue weighted by Crippen LogP contribution is 2.14. The van der Waals surface area contributed by atoms with Gasteiger partial charge in [0, 0.05) is 19.3 Å². The van der Waals surface area contributed by atoms with E-state index in [4.69, 9.17) is 5.73 Å². The number of rotatable bonds is 3. The van der Waals surface area contributed by atoms with E-state index < -0.39 is 0 Å². The van der Waals surface area contributed by atoms with Gasteiger partial charge in [-0.2, -0.15) is 0 Å². The molecule has 2 N–H and O–H groups in total. The van der Waals surface area contributed by atoms with Crippen LogP contribution in [-0.2, 0) is 6.54 Å². The molecule has 0 aliphatic rings. The van der Waals surface area contributed by atoms with Crippen molar-refractivity contribution in [2.24, 2.45) is 0 Å². The van der Waals surface area contributed by atoms with Crippen LogP contribution in [0.2, 0.25) is 0 Å². The Labute approximate surface area is 111 Å². The first-order chi connectivity index (χ1) is 9.08. The number of halogens is 1. The van der Waals surface area contributed by atoms with Crippen molar-refractivity contribution in [1.29, 1.82) is 0 Å². The normalized spacial score (nSPS) is 10.2. The molecule has 3 nitrogen and oxygen atoms in total. The molecule has 0 aliphatic heterocycles. The number of hydrogen-bond donors (Lipinski definition) is 1. The maximum Gasteiger partial charge on any atom is 0.255 e. The fourth-order valence-corrected chi connectivity index (χ4v) is 1.88. The van der Waals surface area contributed by atoms with Gasteiger partial charge in [-0.05, 0) is 29.8 Å². The average Bonchev–Trinajstić information content (AvgIpc) is 2.38. The number of carbonyl (C=O) groups excluding carboxylic acids is 1. The molecule has 0 radical (unpaired) electrons. The van der Waals surface area contributed by atoms with Gasteiger partial charge in [0.15, 0.2) is 0 Å². The molecule has 0 bridgehead atoms. The van der Waals surface area contributed by atoms with Crippen molar-refractivity contribution in [2.45, 2.75) is 6.54 Å². The lowest BCUT2D eigenvalue weighted by molar-refractivity contribution is 0.0786. The molecule has 0 unspecified atom stereocenters. The molecule has 1 amide bonds. The highest BCUT2D eigenvalue weighted by molar-refractivity contribution is 5.98. The van der Waals surface area contributed by atoms with E-state index in [1.807, 2.05) is 0 Å². The molecule has 98 valence electrons. The zero-order valence-electron chi connectivity index (χ0n) is 10.6. The molecular formula is C15H15FN2O. The summed E-state index contributed by atoms with van der Waals surface area (Å²) in [6, 6.07) is 13.1. The van der Waals surface area contributed by atoms with Gasteiger partial charge in [-0.25, -0.2) is 4.39 Å². The Kier molecular flexibility index (Phi) is 3.80. The third-order valence-corrected chi connectivity index (χ3v) is 2.85. The van der Waals surface area contributed by atoms with Crippen LogP contribution in [0.5, 0.6) is 0 Å². The highest BCUT2D eigenvalue weighted by Gasteiger charge is 2.14. The Bertz CT molecular complexity index is 598. The van der Waals surface area contributed by atoms with E-state index in [1.54, 1.807) is 43.4 Å². The van der Waals surface area contributed by atoms with Crippen molar-refractivity contribution in [3.63, 3.8) is 0 Å². The number of amides is 1. The van der Waals surface area contributed by atoms with Gasteiger partial charge in [0.05, 0.1) is 5.56 Å². The van der Waals surface area contributed by atoms with Crippen LogP contribution in [0, 0.1) is 5.82 Å². The van der Waals surface area contributed by atoms with Crippen LogP contribution in [0.1, 0.15) is 15.9 Å². The Balaban J connectivity index is 2.14. The van der Waals surface area contributed by atoms with Crippen LogP contribution < -0.4 is 5.73 Å². The topological polar surface area (TPSA) is 46.3 Å². The Morgan fingerprint density at radius 3 is 2.63 bits per heavy atom. The summed E-state index contributed by atoms with van der Waals surface area (Å²) in [5.41, 5.74) is 7.41. The Hall–Kier alpha value is -2.36. The third kappa shape index (κ3) is 3.10. The van der Waals surface area contributed by atoms with E-state index in [-0.39, 0.29) is 11.7 Å². The minimum absolute atomic E-state index is 0.178. The van der Waals surface area contributed by atoms with Crippen molar-refractivity contribution in [2.75, 3.05) is 12.8 Å². The van der Waals surface area contributed by atoms with Gasteiger partial charge in [-0.3, -0.25) is 4.79 Å². The number of para-hydroxylation sites is 1. The number of anilines is 1. The number of nitrogen functional groups attached to an aromatic ring is 1. The summed E-state index contributed by atoms with van der Waals surface area (Å²) in [5.74, 6) is -0.486. The molecular weight excluding hydrogens is 243 g/mol. The van der Waals surface area contributed by atoms with Crippen LogP contribution >= 0.6 is 0 Å². The summed E-state index contributed by atoms with van der Waals surface area (Å²) in [7, 11) is 1.67. The zero-order chi connectivity index (χ0) is 13.8. The first-order valence-corrected chi connectivity index (χ1v) is 5.92. The number of nitrogens with zero attached hydrogens (tertiary/aromatic N) is 1. The van der Waals surface area contributed by atoms with Crippen molar-refractivity contribution < 1.29 is 9.18 Å². The van der Waals surface area contributed by atoms with E-state index in [0.717, 1.165) is 5.56 Å². The van der Waals surface area contributed by atoms with Crippen LogP contribution in [-0.4, -0.2) is 17.9 Å². The van der Waals surface area contributed by atoms with E-state index in [1.165, 1.54) is 17.0 Å². The summed E-state index contributed by atoms with van der Waals surface area (Å²) in [6.07, 6.45) is 0. The van der Waals surface area contributed by atoms with Crippen molar-refractivity contribution in [3.05, 3.63) is 65.5 Å². The molecule has 2 aromatic carbocycles. The molecule has 0 atom stereocenters. The summed E-state index contributed by atoms with van der Waals surface area (Å²) in [4.78, 5) is 13.7. The number of hydrogen-bond acceptors (Lipinski definition) is 2. The van der Waals surface area contributed by atoms with Gasteiger partial charge in [-0.15, -0.1) is 0 Å². The smallest absolute Gasteiger partial charge is 0.255 e. The minimum Gasteiger partial charge on any atom is -0.398 e. The molecule has 2 aromatic rings. The lowest BCUT2D eigenvalue weighted by Gasteiger charge is -2.18. The second-order valence-electron chi connectivity index (χ2n) is 4.38. The van der Waals surface area contributed by atoms with Gasteiger partial charge in [0.2, 0.25) is 0 Å². The molecule has 0 heterocycles. The molecule has 0 aromatic heterocycles. The minimum atomic E-state index is -0.308. The molecule has 2 rings (SSSR count). The predicted octanol–water partition coefficient (Wildman–Crippen LogP) is 2.68. The molecule has 4 heteroatoms. The van der Waals surface area contributed by atoms with Crippen molar-refractivity contribution in [3.8, 4) is 0 Å². The summed E-state index contributed by atoms with van der Waals surface area (Å²) >= 11 is 0. The van der Waals surface area contributed by atoms with E-state index in [9.17, 15) is 9.18 Å². The molecule has 0 fully saturated rings. The fourth-order valence-electron chi connectivity index (χ4n) is 1.88. The zero-order valence-corrected chi connectivity index (χ0v) is 10.6. The van der Waals surface area contributed by atoms with Crippen LogP contribution in [0.25, 0.3) is 0 Å². The average molecular weight is 258 g/mol. The monoisotopic (exact) mass is 258 g/mol. The van der Waals surface area contributed by atoms with Gasteiger partial charge < -0.3 is 10.6 Å². The first kappa shape index (κ1) is 13.1. The third-order valence-electron chi connectivity index (χ3n) is 2.85. The second kappa shape index (κ2) is 5.52. The Morgan fingerprint density at radius 1 is 1.21 bits per heavy atom. The fraction of sp³-hybridized carbons (Fsp3) is 0.133. The van der Waals surface area contributed by atoms with Crippen molar-refractivity contribution in [1.82, 2.24) is 4.90 Å². The first-order valence-electron chi connectivity index (χ1n) is 5.92. The van der Waals surface area contributed by atoms with Gasteiger partial charge in [-0.1, -0.05) is 24.3 Å². The van der Waals surface area contributed by atoms with Crippen LogP contribution in [0.4, 0.5) is 10.1 Å². The molecule has 0 aliphatic carbocycles. The molecule has 19 heavy (non-hydrogen) atoms. The summed E-state index contributed by atoms with van der Waals surface area (Å²) in [6.45, 7) is 0.338. The predicted molar refractivity (Wildman–Crippen MR) is 73.1 cm³/mol. The standard InChI is InChI=1S/C15H15FN2O/c1-18(10-11-5-4-6-12(16)9-11)15(19)13-7-2-3-8-14(13)17/h2-9H,10,17H2,1H3. The molecule has 0 saturated carbocycles. The van der Waals surface area contributed by atoms with Crippen LogP contribution in [0.15, 0.2) is 48.5 Å². The maximum absolute atomic E-state index is 13.1. The SMILES string of the molecule is CN(Cc1cccc(F)c1)C(=O)c1ccccc1N. The Morgan fingerprint density at radius 2 is 1.95 bits per heavy atom. The van der Waals surface area contributed by atoms with E-state index >= 15 is 0 Å². The van der Waals surface area contributed by atoms with Crippen LogP contribution in [0.3, 0.4) is 0 Å². The highest BCUT2D eigenvalue weighted by atomic mass is 19.1.